The molecule has 0 radical (unpaired) electrons. The number of carbonyl (C=O) groups excluding carboxylic acids is 2. The smallest absolute Gasteiger partial charge is 0.356 e. The van der Waals surface area contributed by atoms with Crippen molar-refractivity contribution in [3.05, 3.63) is 57.6 Å². The van der Waals surface area contributed by atoms with Crippen LogP contribution in [0.3, 0.4) is 0 Å². The molecule has 2 rings (SSSR count). The summed E-state index contributed by atoms with van der Waals surface area (Å²) in [6.07, 6.45) is 1.31. The molecular weight excluding hydrogens is 334 g/mol. The van der Waals surface area contributed by atoms with Crippen molar-refractivity contribution in [3.63, 3.8) is 0 Å². The van der Waals surface area contributed by atoms with Crippen LogP contribution >= 0.6 is 23.2 Å². The van der Waals surface area contributed by atoms with Crippen LogP contribution in [0.2, 0.25) is 10.0 Å². The van der Waals surface area contributed by atoms with Gasteiger partial charge in [-0.1, -0.05) is 23.2 Å². The van der Waals surface area contributed by atoms with Gasteiger partial charge in [0.15, 0.2) is 0 Å². The van der Waals surface area contributed by atoms with Gasteiger partial charge < -0.3 is 10.1 Å². The zero-order valence-electron chi connectivity index (χ0n) is 11.2. The average molecular weight is 343 g/mol. The molecule has 1 aromatic carbocycles. The number of ether oxygens (including phenoxy) is 1. The van der Waals surface area contributed by atoms with E-state index in [9.17, 15) is 14.0 Å². The second-order valence-corrected chi connectivity index (χ2v) is 4.96. The summed E-state index contributed by atoms with van der Waals surface area (Å²) in [6.45, 7) is 0. The van der Waals surface area contributed by atoms with E-state index in [1.165, 1.54) is 31.5 Å². The van der Waals surface area contributed by atoms with Gasteiger partial charge in [0.1, 0.15) is 11.5 Å². The van der Waals surface area contributed by atoms with E-state index in [0.29, 0.717) is 0 Å². The molecule has 0 aliphatic carbocycles. The minimum Gasteiger partial charge on any atom is -0.464 e. The molecule has 0 aliphatic rings. The summed E-state index contributed by atoms with van der Waals surface area (Å²) in [4.78, 5) is 27.3. The summed E-state index contributed by atoms with van der Waals surface area (Å²) >= 11 is 11.5. The highest BCUT2D eigenvalue weighted by atomic mass is 35.5. The van der Waals surface area contributed by atoms with Gasteiger partial charge in [-0.15, -0.1) is 0 Å². The van der Waals surface area contributed by atoms with Crippen LogP contribution in [-0.2, 0) is 4.74 Å². The molecule has 0 saturated carbocycles. The Kier molecular flexibility index (Phi) is 4.95. The summed E-state index contributed by atoms with van der Waals surface area (Å²) in [5.41, 5.74) is -0.101. The molecule has 8 heteroatoms. The minimum absolute atomic E-state index is 0.00275. The first-order chi connectivity index (χ1) is 10.4. The number of benzene rings is 1. The number of pyridine rings is 1. The lowest BCUT2D eigenvalue weighted by atomic mass is 10.2. The summed E-state index contributed by atoms with van der Waals surface area (Å²) in [7, 11) is 1.21. The molecule has 1 heterocycles. The van der Waals surface area contributed by atoms with Crippen molar-refractivity contribution >= 4 is 40.8 Å². The fraction of sp³-hybridized carbons (Fsp3) is 0.0714. The van der Waals surface area contributed by atoms with Crippen molar-refractivity contribution in [1.29, 1.82) is 0 Å². The zero-order chi connectivity index (χ0) is 16.3. The fourth-order valence-electron chi connectivity index (χ4n) is 1.68. The first-order valence-electron chi connectivity index (χ1n) is 5.92. The molecule has 5 nitrogen and oxygen atoms in total. The third-order valence-electron chi connectivity index (χ3n) is 2.65. The molecule has 0 spiro atoms. The van der Waals surface area contributed by atoms with Gasteiger partial charge in [-0.3, -0.25) is 4.79 Å². The van der Waals surface area contributed by atoms with Crippen molar-refractivity contribution in [2.75, 3.05) is 12.4 Å². The van der Waals surface area contributed by atoms with Gasteiger partial charge in [-0.25, -0.2) is 14.2 Å². The molecule has 2 aromatic rings. The Hall–Kier alpha value is -2.18. The van der Waals surface area contributed by atoms with Gasteiger partial charge in [0.25, 0.3) is 5.91 Å². The third-order valence-corrected chi connectivity index (χ3v) is 3.16. The lowest BCUT2D eigenvalue weighted by Crippen LogP contribution is -2.15. The maximum Gasteiger partial charge on any atom is 0.356 e. The van der Waals surface area contributed by atoms with E-state index in [-0.39, 0.29) is 27.0 Å². The van der Waals surface area contributed by atoms with E-state index in [2.05, 4.69) is 15.0 Å². The summed E-state index contributed by atoms with van der Waals surface area (Å²) in [6, 6.07) is 4.97. The number of nitrogens with zero attached hydrogens (tertiary/aromatic N) is 1. The quantitative estimate of drug-likeness (QED) is 0.866. The third kappa shape index (κ3) is 3.52. The summed E-state index contributed by atoms with van der Waals surface area (Å²) in [5, 5.41) is 2.38. The molecule has 0 fully saturated rings. The largest absolute Gasteiger partial charge is 0.464 e. The number of aromatic nitrogens is 1. The van der Waals surface area contributed by atoms with Crippen LogP contribution in [0.4, 0.5) is 10.1 Å². The van der Waals surface area contributed by atoms with Crippen molar-refractivity contribution in [2.24, 2.45) is 0 Å². The second-order valence-electron chi connectivity index (χ2n) is 4.12. The molecule has 0 aliphatic heterocycles. The highest BCUT2D eigenvalue weighted by Crippen LogP contribution is 2.25. The zero-order valence-corrected chi connectivity index (χ0v) is 12.7. The fourth-order valence-corrected chi connectivity index (χ4v) is 2.23. The second kappa shape index (κ2) is 6.72. The molecule has 1 aromatic heterocycles. The topological polar surface area (TPSA) is 68.3 Å². The van der Waals surface area contributed by atoms with E-state index >= 15 is 0 Å². The van der Waals surface area contributed by atoms with Crippen LogP contribution < -0.4 is 5.32 Å². The van der Waals surface area contributed by atoms with Gasteiger partial charge in [0, 0.05) is 16.9 Å². The predicted octanol–water partition coefficient (Wildman–Crippen LogP) is 3.57. The Morgan fingerprint density at radius 2 is 2.00 bits per heavy atom. The van der Waals surface area contributed by atoms with Crippen LogP contribution in [0, 0.1) is 5.82 Å². The number of esters is 1. The van der Waals surface area contributed by atoms with Gasteiger partial charge in [-0.2, -0.15) is 0 Å². The number of carbonyl (C=O) groups is 2. The van der Waals surface area contributed by atoms with E-state index < -0.39 is 17.7 Å². The molecule has 114 valence electrons. The number of hydrogen-bond acceptors (Lipinski definition) is 4. The van der Waals surface area contributed by atoms with Crippen molar-refractivity contribution in [1.82, 2.24) is 4.98 Å². The number of amides is 1. The minimum atomic E-state index is -0.850. The monoisotopic (exact) mass is 342 g/mol. The number of rotatable bonds is 3. The van der Waals surface area contributed by atoms with E-state index in [4.69, 9.17) is 23.2 Å². The molecule has 0 saturated heterocycles. The van der Waals surface area contributed by atoms with Gasteiger partial charge in [0.2, 0.25) is 0 Å². The van der Waals surface area contributed by atoms with Crippen LogP contribution in [0.5, 0.6) is 0 Å². The highest BCUT2D eigenvalue weighted by molar-refractivity contribution is 6.37. The normalized spacial score (nSPS) is 10.2. The van der Waals surface area contributed by atoms with Gasteiger partial charge in [0.05, 0.1) is 17.7 Å². The number of halogens is 3. The van der Waals surface area contributed by atoms with E-state index in [0.717, 1.165) is 6.07 Å². The predicted molar refractivity (Wildman–Crippen MR) is 79.9 cm³/mol. The number of anilines is 1. The first kappa shape index (κ1) is 16.2. The summed E-state index contributed by atoms with van der Waals surface area (Å²) < 4.78 is 18.3. The van der Waals surface area contributed by atoms with E-state index in [1.54, 1.807) is 0 Å². The van der Waals surface area contributed by atoms with Crippen molar-refractivity contribution in [2.45, 2.75) is 0 Å². The Balaban J connectivity index is 2.28. The van der Waals surface area contributed by atoms with E-state index in [1.807, 2.05) is 0 Å². The number of nitrogens with one attached hydrogen (secondary N) is 1. The molecule has 1 amide bonds. The Bertz CT molecular complexity index is 730. The molecule has 0 unspecified atom stereocenters. The van der Waals surface area contributed by atoms with Crippen LogP contribution in [0.1, 0.15) is 20.8 Å². The van der Waals surface area contributed by atoms with Crippen LogP contribution in [0.15, 0.2) is 30.5 Å². The Morgan fingerprint density at radius 3 is 2.64 bits per heavy atom. The lowest BCUT2D eigenvalue weighted by molar-refractivity contribution is 0.0594. The summed E-state index contributed by atoms with van der Waals surface area (Å²) in [5.74, 6) is -2.29. The average Bonchev–Trinajstić information content (AvgIpc) is 2.45. The molecule has 22 heavy (non-hydrogen) atoms. The molecule has 1 N–H and O–H groups in total. The molecule has 0 bridgehead atoms. The van der Waals surface area contributed by atoms with Gasteiger partial charge in [-0.05, 0) is 24.3 Å². The maximum atomic E-state index is 13.8. The first-order valence-corrected chi connectivity index (χ1v) is 6.68. The van der Waals surface area contributed by atoms with Crippen LogP contribution in [0.25, 0.3) is 0 Å². The Morgan fingerprint density at radius 1 is 1.27 bits per heavy atom. The standard InChI is InChI=1S/C14H9Cl2FN2O3/c1-22-14(21)11-6-8(2-3-18-11)19-13(20)12-9(16)4-7(15)5-10(12)17/h2-6H,1H3,(H,18,19,20). The lowest BCUT2D eigenvalue weighted by Gasteiger charge is -2.09. The number of hydrogen-bond donors (Lipinski definition) is 1. The Labute approximate surface area is 135 Å². The highest BCUT2D eigenvalue weighted by Gasteiger charge is 2.18. The molecular formula is C14H9Cl2FN2O3. The van der Waals surface area contributed by atoms with Gasteiger partial charge >= 0.3 is 5.97 Å². The SMILES string of the molecule is COC(=O)c1cc(NC(=O)c2c(F)cc(Cl)cc2Cl)ccn1. The number of methoxy groups -OCH3 is 1. The molecule has 0 atom stereocenters. The maximum absolute atomic E-state index is 13.8. The van der Waals surface area contributed by atoms with Crippen molar-refractivity contribution < 1.29 is 18.7 Å². The van der Waals surface area contributed by atoms with Crippen molar-refractivity contribution in [3.8, 4) is 0 Å². The van der Waals surface area contributed by atoms with Crippen LogP contribution in [-0.4, -0.2) is 24.0 Å².